The van der Waals surface area contributed by atoms with E-state index in [2.05, 4.69) is 10.3 Å². The highest BCUT2D eigenvalue weighted by Crippen LogP contribution is 2.40. The molecule has 1 aromatic carbocycles. The number of amides is 2. The SMILES string of the molecule is CC1CC(=O)N(Cc2cc3nccc(-c4cc(Cl)cc5ccn(CC6(F)CCNCC6)c45)c3s2)C1=O. The van der Waals surface area contributed by atoms with Gasteiger partial charge in [0.25, 0.3) is 0 Å². The Labute approximate surface area is 217 Å². The van der Waals surface area contributed by atoms with Gasteiger partial charge in [0.1, 0.15) is 5.67 Å². The van der Waals surface area contributed by atoms with Crippen LogP contribution in [0.5, 0.6) is 0 Å². The number of aromatic nitrogens is 2. The molecule has 186 valence electrons. The first-order valence-corrected chi connectivity index (χ1v) is 13.4. The molecule has 0 radical (unpaired) electrons. The quantitative estimate of drug-likeness (QED) is 0.347. The van der Waals surface area contributed by atoms with Crippen molar-refractivity contribution in [1.29, 1.82) is 0 Å². The third kappa shape index (κ3) is 4.11. The van der Waals surface area contributed by atoms with Crippen LogP contribution < -0.4 is 5.32 Å². The molecular weight excluding hydrogens is 499 g/mol. The van der Waals surface area contributed by atoms with E-state index in [-0.39, 0.29) is 37.2 Å². The number of hydrogen-bond acceptors (Lipinski definition) is 5. The number of piperidine rings is 1. The highest BCUT2D eigenvalue weighted by atomic mass is 35.5. The number of alkyl halides is 1. The summed E-state index contributed by atoms with van der Waals surface area (Å²) < 4.78 is 18.6. The average molecular weight is 525 g/mol. The van der Waals surface area contributed by atoms with Gasteiger partial charge in [0, 0.05) is 51.1 Å². The third-order valence-corrected chi connectivity index (χ3v) is 8.68. The molecule has 2 amide bonds. The number of rotatable bonds is 5. The number of pyridine rings is 1. The molecule has 6 rings (SSSR count). The van der Waals surface area contributed by atoms with E-state index in [0.717, 1.165) is 37.1 Å². The summed E-state index contributed by atoms with van der Waals surface area (Å²) in [5.41, 5.74) is 2.35. The number of fused-ring (bicyclic) bond motifs is 2. The zero-order valence-electron chi connectivity index (χ0n) is 19.9. The second-order valence-corrected chi connectivity index (χ2v) is 11.5. The summed E-state index contributed by atoms with van der Waals surface area (Å²) in [6.45, 7) is 3.68. The van der Waals surface area contributed by atoms with Gasteiger partial charge in [0.2, 0.25) is 11.8 Å². The molecule has 0 spiro atoms. The Morgan fingerprint density at radius 2 is 2.00 bits per heavy atom. The van der Waals surface area contributed by atoms with Crippen LogP contribution in [0.4, 0.5) is 4.39 Å². The van der Waals surface area contributed by atoms with Crippen molar-refractivity contribution in [3.05, 3.63) is 52.6 Å². The molecule has 2 aliphatic heterocycles. The summed E-state index contributed by atoms with van der Waals surface area (Å²) >= 11 is 8.06. The van der Waals surface area contributed by atoms with Crippen molar-refractivity contribution < 1.29 is 14.0 Å². The smallest absolute Gasteiger partial charge is 0.232 e. The molecule has 2 aliphatic rings. The number of hydrogen-bond donors (Lipinski definition) is 1. The molecule has 3 aromatic heterocycles. The number of halogens is 2. The monoisotopic (exact) mass is 524 g/mol. The molecule has 0 bridgehead atoms. The number of carbonyl (C=O) groups excluding carboxylic acids is 2. The van der Waals surface area contributed by atoms with Crippen LogP contribution in [0.1, 0.15) is 31.1 Å². The lowest BCUT2D eigenvalue weighted by Gasteiger charge is -2.31. The van der Waals surface area contributed by atoms with Crippen LogP contribution >= 0.6 is 22.9 Å². The number of carbonyl (C=O) groups is 2. The Balaban J connectivity index is 1.43. The second kappa shape index (κ2) is 8.94. The van der Waals surface area contributed by atoms with E-state index in [0.29, 0.717) is 31.0 Å². The maximum absolute atomic E-state index is 15.7. The van der Waals surface area contributed by atoms with Crippen LogP contribution in [0, 0.1) is 5.92 Å². The first-order chi connectivity index (χ1) is 17.3. The Morgan fingerprint density at radius 1 is 1.19 bits per heavy atom. The number of imide groups is 1. The van der Waals surface area contributed by atoms with Gasteiger partial charge in [-0.3, -0.25) is 19.5 Å². The van der Waals surface area contributed by atoms with Gasteiger partial charge in [-0.15, -0.1) is 11.3 Å². The Morgan fingerprint density at radius 3 is 2.75 bits per heavy atom. The van der Waals surface area contributed by atoms with Gasteiger partial charge < -0.3 is 9.88 Å². The highest BCUT2D eigenvalue weighted by Gasteiger charge is 2.36. The average Bonchev–Trinajstić information content (AvgIpc) is 3.51. The molecule has 0 saturated carbocycles. The summed E-state index contributed by atoms with van der Waals surface area (Å²) in [6.07, 6.45) is 4.92. The minimum atomic E-state index is -1.26. The number of thiophene rings is 1. The number of nitrogens with zero attached hydrogens (tertiary/aromatic N) is 3. The lowest BCUT2D eigenvalue weighted by Crippen LogP contribution is -2.41. The molecular formula is C27H26ClFN4O2S. The fourth-order valence-electron chi connectivity index (χ4n) is 5.44. The van der Waals surface area contributed by atoms with E-state index >= 15 is 4.39 Å². The summed E-state index contributed by atoms with van der Waals surface area (Å²) in [6, 6.07) is 9.72. The number of nitrogens with one attached hydrogen (secondary N) is 1. The molecule has 36 heavy (non-hydrogen) atoms. The van der Waals surface area contributed by atoms with Gasteiger partial charge in [-0.05, 0) is 56.3 Å². The summed E-state index contributed by atoms with van der Waals surface area (Å²) in [5.74, 6) is -0.532. The third-order valence-electron chi connectivity index (χ3n) is 7.32. The van der Waals surface area contributed by atoms with E-state index in [1.807, 2.05) is 41.1 Å². The lowest BCUT2D eigenvalue weighted by molar-refractivity contribution is -0.139. The van der Waals surface area contributed by atoms with E-state index in [1.54, 1.807) is 13.1 Å². The number of likely N-dealkylation sites (tertiary alicyclic amines) is 1. The maximum Gasteiger partial charge on any atom is 0.232 e. The van der Waals surface area contributed by atoms with E-state index in [4.69, 9.17) is 11.6 Å². The first-order valence-electron chi connectivity index (χ1n) is 12.2. The molecule has 5 heterocycles. The summed E-state index contributed by atoms with van der Waals surface area (Å²) in [7, 11) is 0. The maximum atomic E-state index is 15.7. The highest BCUT2D eigenvalue weighted by molar-refractivity contribution is 7.19. The minimum absolute atomic E-state index is 0.127. The van der Waals surface area contributed by atoms with Gasteiger partial charge in [-0.25, -0.2) is 4.39 Å². The molecule has 4 aromatic rings. The van der Waals surface area contributed by atoms with E-state index in [1.165, 1.54) is 16.2 Å². The Hall–Kier alpha value is -2.81. The molecule has 1 atom stereocenters. The molecule has 0 aliphatic carbocycles. The van der Waals surface area contributed by atoms with Crippen molar-refractivity contribution in [3.63, 3.8) is 0 Å². The zero-order chi connectivity index (χ0) is 25.0. The molecule has 2 saturated heterocycles. The fourth-order valence-corrected chi connectivity index (χ4v) is 6.79. The van der Waals surface area contributed by atoms with Gasteiger partial charge in [-0.1, -0.05) is 18.5 Å². The second-order valence-electron chi connectivity index (χ2n) is 9.94. The fraction of sp³-hybridized carbons (Fsp3) is 0.370. The molecule has 1 N–H and O–H groups in total. The van der Waals surface area contributed by atoms with Crippen LogP contribution in [0.25, 0.3) is 32.2 Å². The molecule has 9 heteroatoms. The summed E-state index contributed by atoms with van der Waals surface area (Å²) in [4.78, 5) is 31.6. The lowest BCUT2D eigenvalue weighted by atomic mass is 9.94. The number of benzene rings is 1. The largest absolute Gasteiger partial charge is 0.344 e. The van der Waals surface area contributed by atoms with Gasteiger partial charge >= 0.3 is 0 Å². The predicted molar refractivity (Wildman–Crippen MR) is 141 cm³/mol. The van der Waals surface area contributed by atoms with Crippen LogP contribution in [-0.2, 0) is 22.7 Å². The molecule has 2 fully saturated rings. The molecule has 6 nitrogen and oxygen atoms in total. The van der Waals surface area contributed by atoms with Crippen molar-refractivity contribution in [3.8, 4) is 11.1 Å². The van der Waals surface area contributed by atoms with E-state index in [9.17, 15) is 9.59 Å². The van der Waals surface area contributed by atoms with Crippen molar-refractivity contribution in [2.24, 2.45) is 5.92 Å². The van der Waals surface area contributed by atoms with E-state index < -0.39 is 5.67 Å². The first kappa shape index (κ1) is 23.6. The van der Waals surface area contributed by atoms with Crippen LogP contribution in [0.2, 0.25) is 5.02 Å². The Kier molecular flexibility index (Phi) is 5.85. The van der Waals surface area contributed by atoms with Gasteiger partial charge in [-0.2, -0.15) is 0 Å². The summed E-state index contributed by atoms with van der Waals surface area (Å²) in [5, 5.41) is 4.80. The van der Waals surface area contributed by atoms with Gasteiger partial charge in [0.15, 0.2) is 0 Å². The topological polar surface area (TPSA) is 67.2 Å². The van der Waals surface area contributed by atoms with Gasteiger partial charge in [0.05, 0.1) is 28.8 Å². The Bertz CT molecular complexity index is 1510. The van der Waals surface area contributed by atoms with Crippen molar-refractivity contribution in [2.75, 3.05) is 13.1 Å². The van der Waals surface area contributed by atoms with Crippen molar-refractivity contribution in [2.45, 2.75) is 44.9 Å². The zero-order valence-corrected chi connectivity index (χ0v) is 21.5. The van der Waals surface area contributed by atoms with Crippen molar-refractivity contribution >= 4 is 55.9 Å². The van der Waals surface area contributed by atoms with Crippen molar-refractivity contribution in [1.82, 2.24) is 19.8 Å². The van der Waals surface area contributed by atoms with Crippen LogP contribution in [0.15, 0.2) is 42.7 Å². The minimum Gasteiger partial charge on any atom is -0.344 e. The molecule has 1 unspecified atom stereocenters. The normalized spacial score (nSPS) is 20.2. The predicted octanol–water partition coefficient (Wildman–Crippen LogP) is 5.56. The van der Waals surface area contributed by atoms with Crippen LogP contribution in [-0.4, -0.2) is 45.0 Å². The van der Waals surface area contributed by atoms with Crippen LogP contribution in [0.3, 0.4) is 0 Å². The standard InChI is InChI=1S/C27H26ClFN4O2S/c1-16-10-23(34)33(26(16)35)14-19-13-22-25(36-19)20(2-6-31-22)21-12-18(28)11-17-3-9-32(24(17)21)15-27(29)4-7-30-8-5-27/h2-3,6,9,11-13,16,30H,4-5,7-8,10,14-15H2,1H3.